The Kier molecular flexibility index (Phi) is 6.44. The van der Waals surface area contributed by atoms with Gasteiger partial charge in [-0.25, -0.2) is 13.3 Å². The summed E-state index contributed by atoms with van der Waals surface area (Å²) in [6.45, 7) is 8.08. The molecule has 2 amide bonds. The Morgan fingerprint density at radius 1 is 1.03 bits per heavy atom. The molecule has 188 valence electrons. The van der Waals surface area contributed by atoms with Crippen LogP contribution in [-0.4, -0.2) is 32.0 Å². The van der Waals surface area contributed by atoms with Gasteiger partial charge in [-0.15, -0.1) is 0 Å². The number of rotatable bonds is 6. The van der Waals surface area contributed by atoms with E-state index in [4.69, 9.17) is 16.3 Å². The Morgan fingerprint density at radius 3 is 2.28 bits per heavy atom. The van der Waals surface area contributed by atoms with Gasteiger partial charge in [0.25, 0.3) is 28.0 Å². The van der Waals surface area contributed by atoms with E-state index in [1.54, 1.807) is 19.1 Å². The first kappa shape index (κ1) is 25.5. The third-order valence-corrected chi connectivity index (χ3v) is 7.34. The molecule has 0 atom stereocenters. The molecule has 0 spiro atoms. The van der Waals surface area contributed by atoms with E-state index >= 15 is 0 Å². The van der Waals surface area contributed by atoms with Crippen molar-refractivity contribution < 1.29 is 32.7 Å². The molecule has 0 radical (unpaired) electrons. The van der Waals surface area contributed by atoms with E-state index in [0.717, 1.165) is 16.7 Å². The maximum Gasteiger partial charge on any atom is 0.268 e. The number of amides is 2. The van der Waals surface area contributed by atoms with Crippen molar-refractivity contribution in [3.63, 3.8) is 0 Å². The maximum atomic E-state index is 13.4. The summed E-state index contributed by atoms with van der Waals surface area (Å²) >= 11 is 6.26. The number of imide groups is 1. The van der Waals surface area contributed by atoms with Crippen molar-refractivity contribution in [3.8, 4) is 5.75 Å². The van der Waals surface area contributed by atoms with Gasteiger partial charge < -0.3 is 4.74 Å². The minimum Gasteiger partial charge on any atom is -0.488 e. The van der Waals surface area contributed by atoms with Gasteiger partial charge in [0.1, 0.15) is 5.69 Å². The normalized spacial score (nSPS) is 13.6. The molecule has 1 aromatic heterocycles. The predicted octanol–water partition coefficient (Wildman–Crippen LogP) is 4.16. The lowest BCUT2D eigenvalue weighted by Gasteiger charge is -2.19. The fourth-order valence-corrected chi connectivity index (χ4v) is 5.18. The standard InChI is InChI=1S/C25H24ClN3O6S/c1-5-35-17-12-16(13-28(32)14-17)29-23(30)21-19(26)10-11-20(22(21)24(29)31)27-36(33,34)18-8-6-15(7-9-18)25(2,3)4/h6-14H,5H2,1-4H3,(H-,27,31,32)/p+1. The number of ether oxygens (including phenoxy) is 1. The summed E-state index contributed by atoms with van der Waals surface area (Å²) in [4.78, 5) is 27.5. The highest BCUT2D eigenvalue weighted by molar-refractivity contribution is 7.92. The van der Waals surface area contributed by atoms with Gasteiger partial charge in [0.15, 0.2) is 5.75 Å². The molecule has 2 heterocycles. The molecule has 1 aliphatic rings. The molecule has 9 nitrogen and oxygen atoms in total. The summed E-state index contributed by atoms with van der Waals surface area (Å²) in [6, 6.07) is 10.5. The molecule has 0 fully saturated rings. The van der Waals surface area contributed by atoms with E-state index in [-0.39, 0.29) is 43.6 Å². The number of carbonyl (C=O) groups is 2. The third kappa shape index (κ3) is 4.61. The van der Waals surface area contributed by atoms with Crippen LogP contribution in [0.2, 0.25) is 5.02 Å². The van der Waals surface area contributed by atoms with E-state index in [1.807, 2.05) is 20.8 Å². The maximum absolute atomic E-state index is 13.4. The third-order valence-electron chi connectivity index (χ3n) is 5.65. The minimum atomic E-state index is -4.09. The molecule has 0 saturated heterocycles. The fourth-order valence-electron chi connectivity index (χ4n) is 3.87. The van der Waals surface area contributed by atoms with Crippen molar-refractivity contribution in [2.24, 2.45) is 0 Å². The number of nitrogens with one attached hydrogen (secondary N) is 1. The van der Waals surface area contributed by atoms with Crippen molar-refractivity contribution in [1.29, 1.82) is 0 Å². The van der Waals surface area contributed by atoms with Crippen molar-refractivity contribution in [1.82, 2.24) is 0 Å². The number of benzene rings is 2. The Hall–Kier alpha value is -3.63. The highest BCUT2D eigenvalue weighted by Crippen LogP contribution is 2.38. The van der Waals surface area contributed by atoms with Gasteiger partial charge in [0, 0.05) is 10.8 Å². The van der Waals surface area contributed by atoms with Crippen molar-refractivity contribution in [2.45, 2.75) is 38.0 Å². The summed E-state index contributed by atoms with van der Waals surface area (Å²) < 4.78 is 34.7. The summed E-state index contributed by atoms with van der Waals surface area (Å²) in [6.07, 6.45) is 2.42. The summed E-state index contributed by atoms with van der Waals surface area (Å²) in [7, 11) is -4.09. The van der Waals surface area contributed by atoms with Crippen molar-refractivity contribution in [2.75, 3.05) is 16.2 Å². The van der Waals surface area contributed by atoms with Crippen LogP contribution in [-0.2, 0) is 15.4 Å². The second kappa shape index (κ2) is 9.11. The lowest BCUT2D eigenvalue weighted by molar-refractivity contribution is -0.904. The molecular formula is C25H25ClN3O6S+. The van der Waals surface area contributed by atoms with Gasteiger partial charge >= 0.3 is 0 Å². The number of sulfonamides is 1. The number of pyridine rings is 1. The topological polar surface area (TPSA) is 117 Å². The van der Waals surface area contributed by atoms with Gasteiger partial charge in [-0.3, -0.25) is 19.5 Å². The second-order valence-electron chi connectivity index (χ2n) is 9.21. The summed E-state index contributed by atoms with van der Waals surface area (Å²) in [5.41, 5.74) is 0.408. The molecule has 1 aliphatic heterocycles. The number of carbonyl (C=O) groups excluding carboxylic acids is 2. The van der Waals surface area contributed by atoms with E-state index < -0.39 is 21.8 Å². The van der Waals surface area contributed by atoms with Gasteiger partial charge in [0.2, 0.25) is 6.20 Å². The van der Waals surface area contributed by atoms with Crippen LogP contribution in [0.25, 0.3) is 0 Å². The van der Waals surface area contributed by atoms with Gasteiger partial charge in [-0.05, 0) is 42.2 Å². The zero-order valence-corrected chi connectivity index (χ0v) is 21.6. The smallest absolute Gasteiger partial charge is 0.268 e. The number of aromatic nitrogens is 1. The first-order chi connectivity index (χ1) is 16.8. The Labute approximate surface area is 213 Å². The number of hydrogen-bond donors (Lipinski definition) is 2. The molecule has 0 bridgehead atoms. The van der Waals surface area contributed by atoms with Crippen molar-refractivity contribution in [3.05, 3.63) is 76.6 Å². The predicted molar refractivity (Wildman–Crippen MR) is 134 cm³/mol. The molecule has 36 heavy (non-hydrogen) atoms. The first-order valence-corrected chi connectivity index (χ1v) is 12.9. The molecule has 11 heteroatoms. The van der Waals surface area contributed by atoms with Crippen LogP contribution in [0.3, 0.4) is 0 Å². The Bertz CT molecular complexity index is 1480. The van der Waals surface area contributed by atoms with Gasteiger partial charge in [0.05, 0.1) is 33.3 Å². The zero-order chi connectivity index (χ0) is 26.4. The lowest BCUT2D eigenvalue weighted by Crippen LogP contribution is -2.35. The highest BCUT2D eigenvalue weighted by atomic mass is 35.5. The van der Waals surface area contributed by atoms with Crippen LogP contribution in [0.15, 0.2) is 59.8 Å². The van der Waals surface area contributed by atoms with E-state index in [1.165, 1.54) is 36.5 Å². The SMILES string of the molecule is CCOc1cc(N2C(=O)c3c(Cl)ccc(NS(=O)(=O)c4ccc(C(C)(C)C)cc4)c3C2=O)c[n+](O)c1. The zero-order valence-electron chi connectivity index (χ0n) is 20.1. The number of anilines is 2. The van der Waals surface area contributed by atoms with E-state index in [9.17, 15) is 23.2 Å². The monoisotopic (exact) mass is 530 g/mol. The molecule has 0 unspecified atom stereocenters. The average Bonchev–Trinajstić information content (AvgIpc) is 3.06. The van der Waals surface area contributed by atoms with Gasteiger partial charge in [-0.1, -0.05) is 44.5 Å². The number of nitrogens with zero attached hydrogens (tertiary/aromatic N) is 2. The fraction of sp³-hybridized carbons (Fsp3) is 0.240. The van der Waals surface area contributed by atoms with Crippen LogP contribution in [0.5, 0.6) is 5.75 Å². The minimum absolute atomic E-state index is 0.00133. The lowest BCUT2D eigenvalue weighted by atomic mass is 9.87. The number of fused-ring (bicyclic) bond motifs is 1. The largest absolute Gasteiger partial charge is 0.488 e. The van der Waals surface area contributed by atoms with Crippen LogP contribution >= 0.6 is 11.6 Å². The van der Waals surface area contributed by atoms with Crippen LogP contribution in [0.1, 0.15) is 54.0 Å². The second-order valence-corrected chi connectivity index (χ2v) is 11.3. The number of halogens is 1. The van der Waals surface area contributed by atoms with E-state index in [2.05, 4.69) is 4.72 Å². The number of hydrogen-bond acceptors (Lipinski definition) is 6. The Balaban J connectivity index is 1.74. The molecule has 2 N–H and O–H groups in total. The summed E-state index contributed by atoms with van der Waals surface area (Å²) in [5, 5.41) is 9.98. The van der Waals surface area contributed by atoms with Crippen LogP contribution < -0.4 is 19.1 Å². The quantitative estimate of drug-likeness (QED) is 0.281. The molecular weight excluding hydrogens is 506 g/mol. The molecule has 0 aliphatic carbocycles. The first-order valence-electron chi connectivity index (χ1n) is 11.1. The van der Waals surface area contributed by atoms with Crippen LogP contribution in [0.4, 0.5) is 11.4 Å². The Morgan fingerprint density at radius 2 is 1.67 bits per heavy atom. The average molecular weight is 531 g/mol. The molecule has 2 aromatic carbocycles. The summed E-state index contributed by atoms with van der Waals surface area (Å²) in [5.74, 6) is -1.34. The molecule has 3 aromatic rings. The van der Waals surface area contributed by atoms with Gasteiger partial charge in [-0.2, -0.15) is 0 Å². The highest BCUT2D eigenvalue weighted by Gasteiger charge is 2.42. The molecule has 0 saturated carbocycles. The van der Waals surface area contributed by atoms with Crippen molar-refractivity contribution >= 4 is 44.8 Å². The molecule has 4 rings (SSSR count). The van der Waals surface area contributed by atoms with Crippen LogP contribution in [0, 0.1) is 0 Å². The van der Waals surface area contributed by atoms with E-state index in [0.29, 0.717) is 11.3 Å².